The average Bonchev–Trinajstić information content (AvgIpc) is 2.57. The van der Waals surface area contributed by atoms with Gasteiger partial charge < -0.3 is 4.42 Å². The van der Waals surface area contributed by atoms with E-state index in [1.807, 2.05) is 6.92 Å². The van der Waals surface area contributed by atoms with Gasteiger partial charge in [-0.15, -0.1) is 0 Å². The van der Waals surface area contributed by atoms with Crippen LogP contribution in [-0.2, 0) is 0 Å². The van der Waals surface area contributed by atoms with Crippen LogP contribution in [0.15, 0.2) is 22.6 Å². The van der Waals surface area contributed by atoms with E-state index in [0.717, 1.165) is 5.56 Å². The summed E-state index contributed by atoms with van der Waals surface area (Å²) in [6.07, 6.45) is 0. The van der Waals surface area contributed by atoms with Crippen molar-refractivity contribution in [2.75, 3.05) is 0 Å². The number of halogens is 1. The first-order valence-corrected chi connectivity index (χ1v) is 4.29. The van der Waals surface area contributed by atoms with Crippen LogP contribution in [0.1, 0.15) is 23.0 Å². The van der Waals surface area contributed by atoms with Gasteiger partial charge in [0, 0.05) is 12.3 Å². The first-order chi connectivity index (χ1) is 6.59. The second-order valence-corrected chi connectivity index (χ2v) is 3.27. The van der Waals surface area contributed by atoms with E-state index in [0.29, 0.717) is 5.39 Å². The topological polar surface area (TPSA) is 30.2 Å². The molecule has 0 fully saturated rings. The van der Waals surface area contributed by atoms with Gasteiger partial charge in [0.1, 0.15) is 0 Å². The molecule has 0 radical (unpaired) electrons. The van der Waals surface area contributed by atoms with E-state index < -0.39 is 5.82 Å². The smallest absolute Gasteiger partial charge is 0.194 e. The summed E-state index contributed by atoms with van der Waals surface area (Å²) in [7, 11) is 0. The van der Waals surface area contributed by atoms with Crippen molar-refractivity contribution in [1.29, 1.82) is 0 Å². The Kier molecular flexibility index (Phi) is 1.88. The molecule has 14 heavy (non-hydrogen) atoms. The highest BCUT2D eigenvalue weighted by Crippen LogP contribution is 2.25. The number of hydrogen-bond donors (Lipinski definition) is 0. The summed E-state index contributed by atoms with van der Waals surface area (Å²) in [6.45, 7) is 3.24. The van der Waals surface area contributed by atoms with Crippen LogP contribution in [-0.4, -0.2) is 5.78 Å². The molecule has 0 saturated carbocycles. The number of carbonyl (C=O) groups is 1. The Morgan fingerprint density at radius 3 is 2.71 bits per heavy atom. The van der Waals surface area contributed by atoms with Gasteiger partial charge in [-0.1, -0.05) is 6.07 Å². The zero-order valence-electron chi connectivity index (χ0n) is 7.93. The lowest BCUT2D eigenvalue weighted by molar-refractivity contribution is 0.0989. The summed E-state index contributed by atoms with van der Waals surface area (Å²) in [5, 5.41) is 0.662. The monoisotopic (exact) mass is 192 g/mol. The Balaban J connectivity index is 2.82. The van der Waals surface area contributed by atoms with Gasteiger partial charge in [0.25, 0.3) is 0 Å². The molecule has 3 heteroatoms. The maximum absolute atomic E-state index is 13.2. The molecule has 0 bridgehead atoms. The first-order valence-electron chi connectivity index (χ1n) is 4.29. The molecule has 2 aromatic rings. The molecule has 72 valence electrons. The first kappa shape index (κ1) is 8.94. The third-order valence-electron chi connectivity index (χ3n) is 2.20. The van der Waals surface area contributed by atoms with Crippen molar-refractivity contribution in [3.05, 3.63) is 35.3 Å². The highest BCUT2D eigenvalue weighted by molar-refractivity contribution is 5.96. The zero-order chi connectivity index (χ0) is 10.3. The van der Waals surface area contributed by atoms with Gasteiger partial charge in [0.05, 0.1) is 0 Å². The Morgan fingerprint density at radius 2 is 2.14 bits per heavy atom. The predicted molar refractivity (Wildman–Crippen MR) is 50.9 cm³/mol. The van der Waals surface area contributed by atoms with Crippen molar-refractivity contribution in [2.24, 2.45) is 0 Å². The van der Waals surface area contributed by atoms with Gasteiger partial charge in [-0.25, -0.2) is 4.39 Å². The van der Waals surface area contributed by atoms with Crippen molar-refractivity contribution in [3.8, 4) is 0 Å². The highest BCUT2D eigenvalue weighted by atomic mass is 19.1. The molecule has 0 N–H and O–H groups in total. The molecular formula is C11H9FO2. The Hall–Kier alpha value is -1.64. The number of fused-ring (bicyclic) bond motifs is 1. The number of furan rings is 1. The molecular weight excluding hydrogens is 183 g/mol. The maximum atomic E-state index is 13.2. The molecule has 0 spiro atoms. The van der Waals surface area contributed by atoms with Crippen LogP contribution in [0.2, 0.25) is 0 Å². The zero-order valence-corrected chi connectivity index (χ0v) is 7.93. The van der Waals surface area contributed by atoms with Crippen LogP contribution >= 0.6 is 0 Å². The Bertz CT molecular complexity index is 472. The second-order valence-electron chi connectivity index (χ2n) is 3.27. The average molecular weight is 192 g/mol. The van der Waals surface area contributed by atoms with E-state index in [1.165, 1.54) is 13.0 Å². The van der Waals surface area contributed by atoms with Crippen molar-refractivity contribution < 1.29 is 13.6 Å². The number of aryl methyl sites for hydroxylation is 1. The lowest BCUT2D eigenvalue weighted by Gasteiger charge is -1.93. The van der Waals surface area contributed by atoms with Crippen LogP contribution in [0.5, 0.6) is 0 Å². The van der Waals surface area contributed by atoms with Gasteiger partial charge in [0.15, 0.2) is 22.9 Å². The molecule has 1 heterocycles. The lowest BCUT2D eigenvalue weighted by Crippen LogP contribution is -1.85. The van der Waals surface area contributed by atoms with Crippen molar-refractivity contribution in [1.82, 2.24) is 0 Å². The van der Waals surface area contributed by atoms with Gasteiger partial charge in [-0.3, -0.25) is 4.79 Å². The molecule has 0 amide bonds. The van der Waals surface area contributed by atoms with Crippen molar-refractivity contribution >= 4 is 16.8 Å². The number of ketones is 1. The van der Waals surface area contributed by atoms with Gasteiger partial charge in [-0.05, 0) is 24.6 Å². The fraction of sp³-hybridized carbons (Fsp3) is 0.182. The van der Waals surface area contributed by atoms with Crippen LogP contribution in [0.25, 0.3) is 11.0 Å². The normalized spacial score (nSPS) is 10.8. The van der Waals surface area contributed by atoms with Gasteiger partial charge >= 0.3 is 0 Å². The summed E-state index contributed by atoms with van der Waals surface area (Å²) in [6, 6.07) is 4.58. The fourth-order valence-corrected chi connectivity index (χ4v) is 1.40. The van der Waals surface area contributed by atoms with Crippen molar-refractivity contribution in [3.63, 3.8) is 0 Å². The summed E-state index contributed by atoms with van der Waals surface area (Å²) < 4.78 is 18.4. The van der Waals surface area contributed by atoms with E-state index in [9.17, 15) is 9.18 Å². The minimum atomic E-state index is -0.432. The molecule has 2 nitrogen and oxygen atoms in total. The van der Waals surface area contributed by atoms with Crippen LogP contribution in [0.4, 0.5) is 4.39 Å². The van der Waals surface area contributed by atoms with Gasteiger partial charge in [-0.2, -0.15) is 0 Å². The van der Waals surface area contributed by atoms with Gasteiger partial charge in [0.2, 0.25) is 0 Å². The Morgan fingerprint density at radius 1 is 1.43 bits per heavy atom. The van der Waals surface area contributed by atoms with E-state index in [2.05, 4.69) is 0 Å². The maximum Gasteiger partial charge on any atom is 0.194 e. The summed E-state index contributed by atoms with van der Waals surface area (Å²) in [5.41, 5.74) is 1.06. The van der Waals surface area contributed by atoms with Crippen LogP contribution in [0, 0.1) is 12.7 Å². The van der Waals surface area contributed by atoms with E-state index in [1.54, 1.807) is 12.1 Å². The number of Topliss-reactive ketones (excluding diaryl/α,β-unsaturated/α-hetero) is 1. The number of carbonyl (C=O) groups excluding carboxylic acids is 1. The quantitative estimate of drug-likeness (QED) is 0.650. The molecule has 2 rings (SSSR count). The third kappa shape index (κ3) is 1.21. The largest absolute Gasteiger partial charge is 0.450 e. The molecule has 1 aromatic carbocycles. The SMILES string of the molecule is CC(=O)c1cc2c(C)ccc(F)c2o1. The predicted octanol–water partition coefficient (Wildman–Crippen LogP) is 3.08. The molecule has 0 aliphatic rings. The number of rotatable bonds is 1. The minimum Gasteiger partial charge on any atom is -0.450 e. The molecule has 1 aromatic heterocycles. The van der Waals surface area contributed by atoms with E-state index in [-0.39, 0.29) is 17.1 Å². The molecule has 0 aliphatic carbocycles. The minimum absolute atomic E-state index is 0.162. The van der Waals surface area contributed by atoms with E-state index >= 15 is 0 Å². The lowest BCUT2D eigenvalue weighted by atomic mass is 10.1. The Labute approximate surface area is 80.3 Å². The van der Waals surface area contributed by atoms with Crippen LogP contribution in [0.3, 0.4) is 0 Å². The molecule has 0 unspecified atom stereocenters. The molecule has 0 saturated heterocycles. The van der Waals surface area contributed by atoms with Crippen LogP contribution < -0.4 is 0 Å². The summed E-state index contributed by atoms with van der Waals surface area (Å²) >= 11 is 0. The standard InChI is InChI=1S/C11H9FO2/c1-6-3-4-9(12)11-8(6)5-10(14-11)7(2)13/h3-5H,1-2H3. The number of hydrogen-bond acceptors (Lipinski definition) is 2. The van der Waals surface area contributed by atoms with Crippen molar-refractivity contribution in [2.45, 2.75) is 13.8 Å². The number of benzene rings is 1. The van der Waals surface area contributed by atoms with E-state index in [4.69, 9.17) is 4.42 Å². The second kappa shape index (κ2) is 2.94. The molecule has 0 aliphatic heterocycles. The molecule has 0 atom stereocenters. The summed E-state index contributed by atoms with van der Waals surface area (Å²) in [4.78, 5) is 11.0. The fourth-order valence-electron chi connectivity index (χ4n) is 1.40. The summed E-state index contributed by atoms with van der Waals surface area (Å²) in [5.74, 6) is -0.425. The highest BCUT2D eigenvalue weighted by Gasteiger charge is 2.12. The third-order valence-corrected chi connectivity index (χ3v) is 2.20.